The molecule has 0 saturated carbocycles. The minimum absolute atomic E-state index is 0.135. The Labute approximate surface area is 177 Å². The number of nitrogens with zero attached hydrogens (tertiary/aromatic N) is 5. The number of carbonyl (C=O) groups is 1. The van der Waals surface area contributed by atoms with Crippen LogP contribution in [0.25, 0.3) is 16.9 Å². The summed E-state index contributed by atoms with van der Waals surface area (Å²) in [4.78, 5) is 26.6. The van der Waals surface area contributed by atoms with Gasteiger partial charge in [-0.1, -0.05) is 36.8 Å². The Hall–Kier alpha value is -2.77. The number of imidazole rings is 1. The lowest BCUT2D eigenvalue weighted by Gasteiger charge is -2.33. The van der Waals surface area contributed by atoms with Crippen LogP contribution in [0.15, 0.2) is 42.9 Å². The average Bonchev–Trinajstić information content (AvgIpc) is 3.22. The van der Waals surface area contributed by atoms with Crippen LogP contribution < -0.4 is 5.32 Å². The van der Waals surface area contributed by atoms with Gasteiger partial charge in [-0.3, -0.25) is 9.78 Å². The molecule has 30 heavy (non-hydrogen) atoms. The summed E-state index contributed by atoms with van der Waals surface area (Å²) in [5, 5.41) is 3.01. The normalized spacial score (nSPS) is 15.5. The predicted octanol–water partition coefficient (Wildman–Crippen LogP) is 2.46. The number of hydrogen-bond donors (Lipinski definition) is 1. The summed E-state index contributed by atoms with van der Waals surface area (Å²) in [5.41, 5.74) is 4.09. The van der Waals surface area contributed by atoms with Gasteiger partial charge in [0, 0.05) is 56.9 Å². The molecule has 0 bridgehead atoms. The Morgan fingerprint density at radius 3 is 2.57 bits per heavy atom. The summed E-state index contributed by atoms with van der Waals surface area (Å²) in [6.45, 7) is 11.6. The molecule has 0 spiro atoms. The van der Waals surface area contributed by atoms with E-state index in [0.717, 1.165) is 56.9 Å². The number of rotatable bonds is 7. The highest BCUT2D eigenvalue weighted by Crippen LogP contribution is 2.22. The molecule has 7 heteroatoms. The van der Waals surface area contributed by atoms with Gasteiger partial charge in [-0.15, -0.1) is 0 Å². The predicted molar refractivity (Wildman–Crippen MR) is 119 cm³/mol. The first kappa shape index (κ1) is 20.5. The van der Waals surface area contributed by atoms with Gasteiger partial charge >= 0.3 is 0 Å². The molecular formula is C23H30N6O. The number of carbonyl (C=O) groups excluding carboxylic acids is 1. The van der Waals surface area contributed by atoms with E-state index < -0.39 is 0 Å². The van der Waals surface area contributed by atoms with Gasteiger partial charge in [0.05, 0.1) is 0 Å². The molecule has 0 atom stereocenters. The molecule has 3 heterocycles. The molecule has 0 unspecified atom stereocenters. The zero-order chi connectivity index (χ0) is 20.9. The standard InChI is InChI=1S/C23H30N6O/c1-3-27-13-15-28(16-14-27)11-4-9-25-23(30)20-17-29-12-10-24-21(22(29)26-20)19-7-5-18(2)6-8-19/h5-8,10,12,17H,3-4,9,11,13-16H2,1-2H3,(H,25,30). The number of likely N-dealkylation sites (N-methyl/N-ethyl adjacent to an activating group) is 1. The zero-order valence-electron chi connectivity index (χ0n) is 17.8. The molecule has 3 aromatic rings. The molecule has 2 aromatic heterocycles. The number of fused-ring (bicyclic) bond motifs is 1. The molecule has 1 N–H and O–H groups in total. The van der Waals surface area contributed by atoms with Crippen molar-refractivity contribution in [1.82, 2.24) is 29.5 Å². The van der Waals surface area contributed by atoms with E-state index in [-0.39, 0.29) is 5.91 Å². The zero-order valence-corrected chi connectivity index (χ0v) is 17.8. The molecule has 1 aromatic carbocycles. The Morgan fingerprint density at radius 1 is 1.10 bits per heavy atom. The Morgan fingerprint density at radius 2 is 1.83 bits per heavy atom. The highest BCUT2D eigenvalue weighted by atomic mass is 16.1. The van der Waals surface area contributed by atoms with Crippen LogP contribution >= 0.6 is 0 Å². The number of piperazine rings is 1. The molecule has 1 fully saturated rings. The van der Waals surface area contributed by atoms with E-state index in [2.05, 4.69) is 51.1 Å². The number of hydrogen-bond acceptors (Lipinski definition) is 5. The van der Waals surface area contributed by atoms with Crippen LogP contribution in [0.5, 0.6) is 0 Å². The number of amides is 1. The summed E-state index contributed by atoms with van der Waals surface area (Å²) >= 11 is 0. The van der Waals surface area contributed by atoms with Crippen LogP contribution in [0.3, 0.4) is 0 Å². The van der Waals surface area contributed by atoms with E-state index >= 15 is 0 Å². The summed E-state index contributed by atoms with van der Waals surface area (Å²) in [7, 11) is 0. The van der Waals surface area contributed by atoms with Gasteiger partial charge in [0.1, 0.15) is 11.4 Å². The molecule has 1 aliphatic rings. The van der Waals surface area contributed by atoms with Gasteiger partial charge in [-0.25, -0.2) is 4.98 Å². The monoisotopic (exact) mass is 406 g/mol. The Bertz CT molecular complexity index is 989. The largest absolute Gasteiger partial charge is 0.351 e. The summed E-state index contributed by atoms with van der Waals surface area (Å²) < 4.78 is 1.87. The van der Waals surface area contributed by atoms with Crippen LogP contribution in [-0.4, -0.2) is 75.9 Å². The van der Waals surface area contributed by atoms with Gasteiger partial charge < -0.3 is 19.5 Å². The lowest BCUT2D eigenvalue weighted by Crippen LogP contribution is -2.46. The van der Waals surface area contributed by atoms with E-state index in [9.17, 15) is 4.79 Å². The fourth-order valence-corrected chi connectivity index (χ4v) is 3.87. The molecule has 158 valence electrons. The fraction of sp³-hybridized carbons (Fsp3) is 0.435. The summed E-state index contributed by atoms with van der Waals surface area (Å²) in [6.07, 6.45) is 6.28. The second kappa shape index (κ2) is 9.36. The first-order valence-corrected chi connectivity index (χ1v) is 10.8. The fourth-order valence-electron chi connectivity index (χ4n) is 3.87. The van der Waals surface area contributed by atoms with Crippen molar-refractivity contribution >= 4 is 11.6 Å². The highest BCUT2D eigenvalue weighted by Gasteiger charge is 2.16. The van der Waals surface area contributed by atoms with E-state index in [1.165, 1.54) is 5.56 Å². The Kier molecular flexibility index (Phi) is 6.40. The van der Waals surface area contributed by atoms with Crippen LogP contribution in [0.1, 0.15) is 29.4 Å². The Balaban J connectivity index is 1.35. The van der Waals surface area contributed by atoms with Crippen molar-refractivity contribution < 1.29 is 4.79 Å². The lowest BCUT2D eigenvalue weighted by molar-refractivity contribution is 0.0944. The number of nitrogens with one attached hydrogen (secondary N) is 1. The third-order valence-electron chi connectivity index (χ3n) is 5.78. The van der Waals surface area contributed by atoms with Crippen molar-refractivity contribution in [1.29, 1.82) is 0 Å². The maximum absolute atomic E-state index is 12.6. The minimum atomic E-state index is -0.135. The third kappa shape index (κ3) is 4.68. The van der Waals surface area contributed by atoms with Crippen LogP contribution in [-0.2, 0) is 0 Å². The molecular weight excluding hydrogens is 376 g/mol. The molecule has 1 amide bonds. The number of aryl methyl sites for hydroxylation is 1. The molecule has 7 nitrogen and oxygen atoms in total. The third-order valence-corrected chi connectivity index (χ3v) is 5.78. The van der Waals surface area contributed by atoms with Crippen molar-refractivity contribution in [3.8, 4) is 11.3 Å². The quantitative estimate of drug-likeness (QED) is 0.611. The van der Waals surface area contributed by atoms with Gasteiger partial charge in [0.2, 0.25) is 0 Å². The van der Waals surface area contributed by atoms with Crippen molar-refractivity contribution in [2.75, 3.05) is 45.8 Å². The first-order chi connectivity index (χ1) is 14.6. The lowest BCUT2D eigenvalue weighted by atomic mass is 10.1. The van der Waals surface area contributed by atoms with Crippen LogP contribution in [0.2, 0.25) is 0 Å². The summed E-state index contributed by atoms with van der Waals surface area (Å²) in [6, 6.07) is 8.18. The smallest absolute Gasteiger partial charge is 0.271 e. The molecule has 1 saturated heterocycles. The SMILES string of the molecule is CCN1CCN(CCCNC(=O)c2cn3ccnc(-c4ccc(C)cc4)c3n2)CC1. The van der Waals surface area contributed by atoms with E-state index in [1.807, 2.05) is 22.7 Å². The van der Waals surface area contributed by atoms with Crippen molar-refractivity contribution in [2.45, 2.75) is 20.3 Å². The van der Waals surface area contributed by atoms with Crippen molar-refractivity contribution in [2.24, 2.45) is 0 Å². The molecule has 0 aliphatic carbocycles. The molecule has 4 rings (SSSR count). The number of aromatic nitrogens is 3. The van der Waals surface area contributed by atoms with Crippen LogP contribution in [0.4, 0.5) is 0 Å². The van der Waals surface area contributed by atoms with Gasteiger partial charge in [-0.05, 0) is 26.4 Å². The number of benzene rings is 1. The minimum Gasteiger partial charge on any atom is -0.351 e. The van der Waals surface area contributed by atoms with E-state index in [0.29, 0.717) is 17.9 Å². The van der Waals surface area contributed by atoms with E-state index in [4.69, 9.17) is 0 Å². The second-order valence-corrected chi connectivity index (χ2v) is 7.88. The van der Waals surface area contributed by atoms with Gasteiger partial charge in [0.25, 0.3) is 5.91 Å². The summed E-state index contributed by atoms with van der Waals surface area (Å²) in [5.74, 6) is -0.135. The molecule has 0 radical (unpaired) electrons. The first-order valence-electron chi connectivity index (χ1n) is 10.8. The topological polar surface area (TPSA) is 65.8 Å². The second-order valence-electron chi connectivity index (χ2n) is 7.88. The van der Waals surface area contributed by atoms with Crippen molar-refractivity contribution in [3.63, 3.8) is 0 Å². The van der Waals surface area contributed by atoms with Crippen molar-refractivity contribution in [3.05, 3.63) is 54.1 Å². The maximum Gasteiger partial charge on any atom is 0.271 e. The average molecular weight is 407 g/mol. The highest BCUT2D eigenvalue weighted by molar-refractivity contribution is 5.93. The van der Waals surface area contributed by atoms with Gasteiger partial charge in [-0.2, -0.15) is 0 Å². The van der Waals surface area contributed by atoms with Crippen LogP contribution in [0, 0.1) is 6.92 Å². The molecule has 1 aliphatic heterocycles. The van der Waals surface area contributed by atoms with Gasteiger partial charge in [0.15, 0.2) is 5.65 Å². The maximum atomic E-state index is 12.6. The van der Waals surface area contributed by atoms with E-state index in [1.54, 1.807) is 12.4 Å².